The fourth-order valence-corrected chi connectivity index (χ4v) is 2.32. The third kappa shape index (κ3) is 2.47. The third-order valence-electron chi connectivity index (χ3n) is 3.21. The Labute approximate surface area is 122 Å². The zero-order chi connectivity index (χ0) is 14.1. The van der Waals surface area contributed by atoms with Crippen LogP contribution in [0, 0.1) is 13.8 Å². The van der Waals surface area contributed by atoms with Crippen molar-refractivity contribution in [2.75, 3.05) is 0 Å². The quantitative estimate of drug-likeness (QED) is 0.735. The molecule has 4 nitrogen and oxygen atoms in total. The summed E-state index contributed by atoms with van der Waals surface area (Å²) in [5.41, 5.74) is 3.40. The molecule has 0 aromatic carbocycles. The van der Waals surface area contributed by atoms with Crippen molar-refractivity contribution in [3.8, 4) is 11.6 Å². The second-order valence-electron chi connectivity index (χ2n) is 4.73. The van der Waals surface area contributed by atoms with E-state index >= 15 is 0 Å². The maximum atomic E-state index is 5.82. The lowest BCUT2D eigenvalue weighted by molar-refractivity contribution is 0.573. The normalized spacial score (nSPS) is 10.9. The first-order chi connectivity index (χ1) is 9.63. The van der Waals surface area contributed by atoms with Crippen molar-refractivity contribution in [2.24, 2.45) is 0 Å². The Balaban J connectivity index is 1.94. The van der Waals surface area contributed by atoms with Gasteiger partial charge in [0.2, 0.25) is 0 Å². The van der Waals surface area contributed by atoms with E-state index in [1.165, 1.54) is 5.56 Å². The molecule has 0 fully saturated rings. The van der Waals surface area contributed by atoms with Gasteiger partial charge in [0.25, 0.3) is 0 Å². The minimum absolute atomic E-state index is 0.364. The van der Waals surface area contributed by atoms with E-state index in [1.54, 1.807) is 12.3 Å². The van der Waals surface area contributed by atoms with Crippen molar-refractivity contribution in [1.82, 2.24) is 14.5 Å². The fourth-order valence-electron chi connectivity index (χ4n) is 2.17. The maximum absolute atomic E-state index is 5.82. The van der Waals surface area contributed by atoms with Crippen LogP contribution in [0.15, 0.2) is 41.2 Å². The van der Waals surface area contributed by atoms with E-state index < -0.39 is 0 Å². The van der Waals surface area contributed by atoms with Crippen molar-refractivity contribution in [3.05, 3.63) is 58.8 Å². The van der Waals surface area contributed by atoms with Crippen LogP contribution in [0.1, 0.15) is 16.8 Å². The number of furan rings is 1. The van der Waals surface area contributed by atoms with Crippen LogP contribution in [-0.2, 0) is 6.54 Å². The van der Waals surface area contributed by atoms with E-state index in [4.69, 9.17) is 16.0 Å². The van der Waals surface area contributed by atoms with Crippen LogP contribution in [0.25, 0.3) is 11.6 Å². The molecule has 0 unspecified atom stereocenters. The monoisotopic (exact) mass is 287 g/mol. The van der Waals surface area contributed by atoms with Gasteiger partial charge < -0.3 is 8.98 Å². The van der Waals surface area contributed by atoms with E-state index in [-0.39, 0.29) is 0 Å². The summed E-state index contributed by atoms with van der Waals surface area (Å²) >= 11 is 5.82. The highest BCUT2D eigenvalue weighted by atomic mass is 35.5. The van der Waals surface area contributed by atoms with E-state index in [0.29, 0.717) is 17.5 Å². The summed E-state index contributed by atoms with van der Waals surface area (Å²) in [6.07, 6.45) is 5.58. The molecule has 3 rings (SSSR count). The predicted molar refractivity (Wildman–Crippen MR) is 77.8 cm³/mol. The van der Waals surface area contributed by atoms with Crippen molar-refractivity contribution in [2.45, 2.75) is 20.4 Å². The van der Waals surface area contributed by atoms with Crippen LogP contribution in [0.3, 0.4) is 0 Å². The largest absolute Gasteiger partial charge is 0.441 e. The summed E-state index contributed by atoms with van der Waals surface area (Å²) < 4.78 is 7.44. The molecule has 0 bridgehead atoms. The minimum atomic E-state index is 0.364. The van der Waals surface area contributed by atoms with Crippen LogP contribution in [0.2, 0.25) is 5.22 Å². The first-order valence-electron chi connectivity index (χ1n) is 6.32. The van der Waals surface area contributed by atoms with E-state index in [2.05, 4.69) is 23.0 Å². The van der Waals surface area contributed by atoms with Crippen LogP contribution in [0.5, 0.6) is 0 Å². The van der Waals surface area contributed by atoms with E-state index in [0.717, 1.165) is 17.1 Å². The van der Waals surface area contributed by atoms with Gasteiger partial charge in [-0.3, -0.25) is 4.98 Å². The molecule has 0 spiro atoms. The van der Waals surface area contributed by atoms with Crippen molar-refractivity contribution in [3.63, 3.8) is 0 Å². The number of pyridine rings is 1. The smallest absolute Gasteiger partial charge is 0.194 e. The SMILES string of the molecule is Cc1cc(C)c(Cn2ccnc2-c2ccc(Cl)o2)cn1. The summed E-state index contributed by atoms with van der Waals surface area (Å²) in [6, 6.07) is 5.62. The molecule has 102 valence electrons. The van der Waals surface area contributed by atoms with Gasteiger partial charge in [0.1, 0.15) is 0 Å². The van der Waals surface area contributed by atoms with E-state index in [9.17, 15) is 0 Å². The lowest BCUT2D eigenvalue weighted by Crippen LogP contribution is -2.03. The summed E-state index contributed by atoms with van der Waals surface area (Å²) in [5.74, 6) is 1.43. The molecule has 0 aliphatic carbocycles. The molecular weight excluding hydrogens is 274 g/mol. The fraction of sp³-hybridized carbons (Fsp3) is 0.200. The average molecular weight is 288 g/mol. The second kappa shape index (κ2) is 5.13. The molecule has 0 radical (unpaired) electrons. The van der Waals surface area contributed by atoms with Crippen molar-refractivity contribution >= 4 is 11.6 Å². The van der Waals surface area contributed by atoms with E-state index in [1.807, 2.05) is 30.0 Å². The summed E-state index contributed by atoms with van der Waals surface area (Å²) in [6.45, 7) is 4.78. The number of rotatable bonds is 3. The highest BCUT2D eigenvalue weighted by Crippen LogP contribution is 2.24. The van der Waals surface area contributed by atoms with Crippen LogP contribution >= 0.6 is 11.6 Å². The van der Waals surface area contributed by atoms with Gasteiger partial charge in [-0.1, -0.05) is 0 Å². The number of nitrogens with zero attached hydrogens (tertiary/aromatic N) is 3. The number of aromatic nitrogens is 3. The lowest BCUT2D eigenvalue weighted by atomic mass is 10.1. The molecule has 5 heteroatoms. The summed E-state index contributed by atoms with van der Waals surface area (Å²) in [4.78, 5) is 8.68. The van der Waals surface area contributed by atoms with Gasteiger partial charge in [0.15, 0.2) is 16.8 Å². The molecule has 3 aromatic heterocycles. The molecule has 0 atom stereocenters. The highest BCUT2D eigenvalue weighted by molar-refractivity contribution is 6.28. The number of aryl methyl sites for hydroxylation is 2. The third-order valence-corrected chi connectivity index (χ3v) is 3.41. The molecule has 0 saturated heterocycles. The Morgan fingerprint density at radius 1 is 1.25 bits per heavy atom. The average Bonchev–Trinajstić information content (AvgIpc) is 3.01. The topological polar surface area (TPSA) is 43.9 Å². The summed E-state index contributed by atoms with van der Waals surface area (Å²) in [7, 11) is 0. The molecule has 0 amide bonds. The van der Waals surface area contributed by atoms with Crippen LogP contribution in [-0.4, -0.2) is 14.5 Å². The lowest BCUT2D eigenvalue weighted by Gasteiger charge is -2.09. The first kappa shape index (κ1) is 12.9. The Kier molecular flexibility index (Phi) is 3.32. The Morgan fingerprint density at radius 3 is 2.80 bits per heavy atom. The van der Waals surface area contributed by atoms with Gasteiger partial charge in [0.05, 0.1) is 6.54 Å². The van der Waals surface area contributed by atoms with Gasteiger partial charge in [-0.2, -0.15) is 0 Å². The van der Waals surface area contributed by atoms with Crippen molar-refractivity contribution < 1.29 is 4.42 Å². The zero-order valence-electron chi connectivity index (χ0n) is 11.3. The molecule has 0 aliphatic rings. The standard InChI is InChI=1S/C15H14ClN3O/c1-10-7-11(2)18-8-12(10)9-19-6-5-17-15(19)13-3-4-14(16)20-13/h3-8H,9H2,1-2H3. The molecule has 0 aliphatic heterocycles. The van der Waals surface area contributed by atoms with Gasteiger partial charge in [-0.15, -0.1) is 0 Å². The van der Waals surface area contributed by atoms with Gasteiger partial charge in [-0.05, 0) is 54.8 Å². The molecule has 3 aromatic rings. The molecule has 0 saturated carbocycles. The first-order valence-corrected chi connectivity index (χ1v) is 6.70. The van der Waals surface area contributed by atoms with Crippen LogP contribution < -0.4 is 0 Å². The van der Waals surface area contributed by atoms with Gasteiger partial charge in [0, 0.05) is 24.3 Å². The molecule has 0 N–H and O–H groups in total. The molecule has 3 heterocycles. The number of halogens is 1. The zero-order valence-corrected chi connectivity index (χ0v) is 12.1. The molecular formula is C15H14ClN3O. The van der Waals surface area contributed by atoms with Crippen LogP contribution in [0.4, 0.5) is 0 Å². The van der Waals surface area contributed by atoms with Crippen molar-refractivity contribution in [1.29, 1.82) is 0 Å². The number of hydrogen-bond acceptors (Lipinski definition) is 3. The van der Waals surface area contributed by atoms with Gasteiger partial charge >= 0.3 is 0 Å². The minimum Gasteiger partial charge on any atom is -0.441 e. The molecule has 20 heavy (non-hydrogen) atoms. The predicted octanol–water partition coefficient (Wildman–Crippen LogP) is 3.86. The number of hydrogen-bond donors (Lipinski definition) is 0. The second-order valence-corrected chi connectivity index (χ2v) is 5.11. The maximum Gasteiger partial charge on any atom is 0.194 e. The summed E-state index contributed by atoms with van der Waals surface area (Å²) in [5, 5.41) is 0.364. The highest BCUT2D eigenvalue weighted by Gasteiger charge is 2.11. The Bertz CT molecular complexity index is 745. The Hall–Kier alpha value is -2.07. The Morgan fingerprint density at radius 2 is 2.10 bits per heavy atom. The number of imidazole rings is 1. The van der Waals surface area contributed by atoms with Gasteiger partial charge in [-0.25, -0.2) is 4.98 Å².